The number of alkyl halides is 1. The lowest BCUT2D eigenvalue weighted by Gasteiger charge is -2.14. The molecule has 0 aliphatic carbocycles. The summed E-state index contributed by atoms with van der Waals surface area (Å²) in [5, 5.41) is 9.12. The maximum Gasteiger partial charge on any atom is 0.129 e. The van der Waals surface area contributed by atoms with E-state index >= 15 is 0 Å². The summed E-state index contributed by atoms with van der Waals surface area (Å²) in [6.45, 7) is 2.05. The van der Waals surface area contributed by atoms with Gasteiger partial charge in [-0.25, -0.2) is 4.39 Å². The third-order valence-corrected chi connectivity index (χ3v) is 2.06. The van der Waals surface area contributed by atoms with Gasteiger partial charge in [0.15, 0.2) is 0 Å². The summed E-state index contributed by atoms with van der Waals surface area (Å²) >= 11 is 0. The summed E-state index contributed by atoms with van der Waals surface area (Å²) in [4.78, 5) is 0. The molecule has 2 atom stereocenters. The van der Waals surface area contributed by atoms with E-state index in [2.05, 4.69) is 0 Å². The molecule has 0 saturated carbocycles. The van der Waals surface area contributed by atoms with Crippen molar-refractivity contribution in [1.82, 2.24) is 0 Å². The van der Waals surface area contributed by atoms with Gasteiger partial charge in [0.05, 0.1) is 0 Å². The topological polar surface area (TPSA) is 46.2 Å². The first-order chi connectivity index (χ1) is 6.15. The van der Waals surface area contributed by atoms with Crippen molar-refractivity contribution < 1.29 is 9.50 Å². The molecule has 3 N–H and O–H groups in total. The van der Waals surface area contributed by atoms with Crippen LogP contribution in [0.25, 0.3) is 0 Å². The van der Waals surface area contributed by atoms with E-state index in [4.69, 9.17) is 10.8 Å². The van der Waals surface area contributed by atoms with E-state index in [1.165, 1.54) is 12.1 Å². The zero-order chi connectivity index (χ0) is 9.84. The molecule has 1 aromatic rings. The van der Waals surface area contributed by atoms with Crippen LogP contribution in [0.2, 0.25) is 0 Å². The number of rotatable bonds is 3. The molecule has 3 heteroatoms. The largest absolute Gasteiger partial charge is 0.508 e. The highest BCUT2D eigenvalue weighted by Gasteiger charge is 2.16. The Morgan fingerprint density at radius 3 is 2.77 bits per heavy atom. The fraction of sp³-hybridized carbons (Fsp3) is 0.400. The third kappa shape index (κ3) is 2.42. The standard InChI is InChI=1S/C10H14FNO/c1-7(6-12)10(11)8-3-2-4-9(13)5-8/h2-5,7,10,13H,6,12H2,1H3. The monoisotopic (exact) mass is 183 g/mol. The number of halogens is 1. The number of hydrogen-bond donors (Lipinski definition) is 2. The lowest BCUT2D eigenvalue weighted by atomic mass is 9.99. The molecule has 0 amide bonds. The average Bonchev–Trinajstić information content (AvgIpc) is 2.15. The van der Waals surface area contributed by atoms with Crippen LogP contribution in [0.3, 0.4) is 0 Å². The van der Waals surface area contributed by atoms with Crippen LogP contribution in [0.1, 0.15) is 18.7 Å². The summed E-state index contributed by atoms with van der Waals surface area (Å²) < 4.78 is 13.5. The summed E-state index contributed by atoms with van der Waals surface area (Å²) in [5.41, 5.74) is 5.83. The van der Waals surface area contributed by atoms with Crippen LogP contribution in [-0.4, -0.2) is 11.7 Å². The van der Waals surface area contributed by atoms with Gasteiger partial charge < -0.3 is 10.8 Å². The minimum Gasteiger partial charge on any atom is -0.508 e. The minimum absolute atomic E-state index is 0.0874. The highest BCUT2D eigenvalue weighted by molar-refractivity contribution is 5.28. The maximum atomic E-state index is 13.5. The number of phenols is 1. The van der Waals surface area contributed by atoms with Crippen molar-refractivity contribution >= 4 is 0 Å². The van der Waals surface area contributed by atoms with E-state index in [1.54, 1.807) is 19.1 Å². The molecule has 0 heterocycles. The Morgan fingerprint density at radius 2 is 2.23 bits per heavy atom. The van der Waals surface area contributed by atoms with Crippen molar-refractivity contribution in [3.8, 4) is 5.75 Å². The molecule has 72 valence electrons. The number of nitrogens with two attached hydrogens (primary N) is 1. The second kappa shape index (κ2) is 4.23. The van der Waals surface area contributed by atoms with Crippen LogP contribution in [0.4, 0.5) is 4.39 Å². The Bertz CT molecular complexity index is 277. The van der Waals surface area contributed by atoms with E-state index < -0.39 is 6.17 Å². The van der Waals surface area contributed by atoms with Gasteiger partial charge in [-0.3, -0.25) is 0 Å². The molecule has 1 aromatic carbocycles. The predicted octanol–water partition coefficient (Wildman–Crippen LogP) is 2.00. The number of phenolic OH excluding ortho intramolecular Hbond substituents is 1. The second-order valence-electron chi connectivity index (χ2n) is 3.21. The van der Waals surface area contributed by atoms with Gasteiger partial charge >= 0.3 is 0 Å². The zero-order valence-corrected chi connectivity index (χ0v) is 7.57. The summed E-state index contributed by atoms with van der Waals surface area (Å²) in [6.07, 6.45) is -1.10. The molecule has 0 aromatic heterocycles. The minimum atomic E-state index is -1.10. The molecular formula is C10H14FNO. The Hall–Kier alpha value is -1.09. The highest BCUT2D eigenvalue weighted by Crippen LogP contribution is 2.27. The Kier molecular flexibility index (Phi) is 3.25. The Morgan fingerprint density at radius 1 is 1.54 bits per heavy atom. The van der Waals surface area contributed by atoms with Gasteiger partial charge in [-0.1, -0.05) is 19.1 Å². The average molecular weight is 183 g/mol. The van der Waals surface area contributed by atoms with Crippen molar-refractivity contribution in [2.45, 2.75) is 13.1 Å². The fourth-order valence-electron chi connectivity index (χ4n) is 1.14. The van der Waals surface area contributed by atoms with E-state index in [-0.39, 0.29) is 11.7 Å². The Labute approximate surface area is 77.2 Å². The Balaban J connectivity index is 2.82. The van der Waals surface area contributed by atoms with Crippen LogP contribution >= 0.6 is 0 Å². The zero-order valence-electron chi connectivity index (χ0n) is 7.57. The van der Waals surface area contributed by atoms with Gasteiger partial charge in [-0.05, 0) is 24.2 Å². The van der Waals surface area contributed by atoms with Crippen molar-refractivity contribution in [1.29, 1.82) is 0 Å². The second-order valence-corrected chi connectivity index (χ2v) is 3.21. The molecule has 0 saturated heterocycles. The van der Waals surface area contributed by atoms with Crippen molar-refractivity contribution in [2.75, 3.05) is 6.54 Å². The number of benzene rings is 1. The first-order valence-electron chi connectivity index (χ1n) is 4.28. The van der Waals surface area contributed by atoms with E-state index in [1.807, 2.05) is 0 Å². The molecular weight excluding hydrogens is 169 g/mol. The quantitative estimate of drug-likeness (QED) is 0.752. The van der Waals surface area contributed by atoms with Gasteiger partial charge in [0.2, 0.25) is 0 Å². The van der Waals surface area contributed by atoms with Gasteiger partial charge in [-0.15, -0.1) is 0 Å². The van der Waals surface area contributed by atoms with Crippen molar-refractivity contribution in [2.24, 2.45) is 11.7 Å². The molecule has 2 unspecified atom stereocenters. The SMILES string of the molecule is CC(CN)C(F)c1cccc(O)c1. The lowest BCUT2D eigenvalue weighted by molar-refractivity contribution is 0.251. The van der Waals surface area contributed by atoms with Crippen LogP contribution in [0, 0.1) is 5.92 Å². The van der Waals surface area contributed by atoms with E-state index in [0.29, 0.717) is 12.1 Å². The molecule has 0 aliphatic rings. The molecule has 0 radical (unpaired) electrons. The number of aromatic hydroxyl groups is 1. The highest BCUT2D eigenvalue weighted by atomic mass is 19.1. The van der Waals surface area contributed by atoms with Crippen LogP contribution < -0.4 is 5.73 Å². The van der Waals surface area contributed by atoms with E-state index in [0.717, 1.165) is 0 Å². The molecule has 1 rings (SSSR count). The van der Waals surface area contributed by atoms with Crippen molar-refractivity contribution in [3.05, 3.63) is 29.8 Å². The maximum absolute atomic E-state index is 13.5. The molecule has 2 nitrogen and oxygen atoms in total. The van der Waals surface area contributed by atoms with Crippen LogP contribution in [0.5, 0.6) is 5.75 Å². The summed E-state index contributed by atoms with van der Waals surface area (Å²) in [7, 11) is 0. The van der Waals surface area contributed by atoms with Gasteiger partial charge in [0, 0.05) is 5.92 Å². The smallest absolute Gasteiger partial charge is 0.129 e. The predicted molar refractivity (Wildman–Crippen MR) is 50.2 cm³/mol. The van der Waals surface area contributed by atoms with Gasteiger partial charge in [0.25, 0.3) is 0 Å². The summed E-state index contributed by atoms with van der Waals surface area (Å²) in [6, 6.07) is 6.22. The van der Waals surface area contributed by atoms with Gasteiger partial charge in [-0.2, -0.15) is 0 Å². The fourth-order valence-corrected chi connectivity index (χ4v) is 1.14. The molecule has 0 fully saturated rings. The molecule has 0 spiro atoms. The first-order valence-corrected chi connectivity index (χ1v) is 4.28. The summed E-state index contributed by atoms with van der Waals surface area (Å²) in [5.74, 6) is -0.133. The first kappa shape index (κ1) is 9.99. The molecule has 0 aliphatic heterocycles. The molecule has 0 bridgehead atoms. The third-order valence-electron chi connectivity index (χ3n) is 2.06. The van der Waals surface area contributed by atoms with Crippen LogP contribution in [-0.2, 0) is 0 Å². The normalized spacial score (nSPS) is 15.3. The lowest BCUT2D eigenvalue weighted by Crippen LogP contribution is -2.16. The number of hydrogen-bond acceptors (Lipinski definition) is 2. The molecule has 13 heavy (non-hydrogen) atoms. The van der Waals surface area contributed by atoms with Crippen LogP contribution in [0.15, 0.2) is 24.3 Å². The van der Waals surface area contributed by atoms with E-state index in [9.17, 15) is 4.39 Å². The van der Waals surface area contributed by atoms with Crippen molar-refractivity contribution in [3.63, 3.8) is 0 Å². The van der Waals surface area contributed by atoms with Gasteiger partial charge in [0.1, 0.15) is 11.9 Å².